The summed E-state index contributed by atoms with van der Waals surface area (Å²) in [6.45, 7) is 4.95. The van der Waals surface area contributed by atoms with Gasteiger partial charge in [-0.15, -0.1) is 4.99 Å². The molecule has 0 amide bonds. The van der Waals surface area contributed by atoms with Crippen LogP contribution < -0.4 is 0 Å². The molecule has 0 aliphatic carbocycles. The Kier molecular flexibility index (Phi) is 6.00. The zero-order valence-electron chi connectivity index (χ0n) is 8.84. The Hall–Kier alpha value is -1.66. The molecule has 0 saturated heterocycles. The number of aliphatic carboxylic acids is 1. The summed E-state index contributed by atoms with van der Waals surface area (Å²) in [6.07, 6.45) is -0.104. The molecule has 0 radical (unpaired) electrons. The molecule has 86 valence electrons. The van der Waals surface area contributed by atoms with Gasteiger partial charge in [0.05, 0.1) is 13.0 Å². The number of aliphatic imine (C=N–C) groups is 1. The number of nitrogens with zero attached hydrogens (tertiary/aromatic N) is 3. The normalized spacial score (nSPS) is 14.0. The molecule has 0 saturated carbocycles. The summed E-state index contributed by atoms with van der Waals surface area (Å²) in [5, 5.41) is 18.7. The van der Waals surface area contributed by atoms with Crippen molar-refractivity contribution < 1.29 is 14.8 Å². The van der Waals surface area contributed by atoms with E-state index in [1.165, 1.54) is 4.90 Å². The number of guanidine groups is 1. The summed E-state index contributed by atoms with van der Waals surface area (Å²) in [4.78, 5) is 25.0. The van der Waals surface area contributed by atoms with Crippen LogP contribution >= 0.6 is 0 Å². The van der Waals surface area contributed by atoms with Crippen LogP contribution in [0.2, 0.25) is 0 Å². The summed E-state index contributed by atoms with van der Waals surface area (Å²) in [7, 11) is 0. The van der Waals surface area contributed by atoms with Crippen LogP contribution in [0, 0.1) is 10.1 Å². The van der Waals surface area contributed by atoms with E-state index in [0.717, 1.165) is 0 Å². The average molecular weight is 217 g/mol. The molecule has 0 bridgehead atoms. The fourth-order valence-corrected chi connectivity index (χ4v) is 1.09. The van der Waals surface area contributed by atoms with E-state index in [4.69, 9.17) is 5.11 Å². The molecule has 0 unspecified atom stereocenters. The van der Waals surface area contributed by atoms with Gasteiger partial charge in [0.15, 0.2) is 0 Å². The van der Waals surface area contributed by atoms with Crippen LogP contribution in [-0.4, -0.2) is 46.5 Å². The lowest BCUT2D eigenvalue weighted by molar-refractivity contribution is -0.362. The average Bonchev–Trinajstić information content (AvgIpc) is 2.65. The van der Waals surface area contributed by atoms with Gasteiger partial charge in [-0.05, 0) is 4.92 Å². The maximum atomic E-state index is 10.3. The van der Waals surface area contributed by atoms with E-state index in [9.17, 15) is 14.9 Å². The van der Waals surface area contributed by atoms with Gasteiger partial charge in [0.2, 0.25) is 0 Å². The summed E-state index contributed by atoms with van der Waals surface area (Å²) in [5.41, 5.74) is 0. The van der Waals surface area contributed by atoms with Crippen LogP contribution in [-0.2, 0) is 4.79 Å². The van der Waals surface area contributed by atoms with Gasteiger partial charge in [-0.3, -0.25) is 9.69 Å². The maximum absolute atomic E-state index is 10.3. The largest absolute Gasteiger partial charge is 0.481 e. The fourth-order valence-electron chi connectivity index (χ4n) is 1.09. The predicted octanol–water partition coefficient (Wildman–Crippen LogP) is 0.436. The highest BCUT2D eigenvalue weighted by atomic mass is 16.6. The second-order valence-corrected chi connectivity index (χ2v) is 2.57. The van der Waals surface area contributed by atoms with Crippen molar-refractivity contribution in [2.24, 2.45) is 4.99 Å². The third kappa shape index (κ3) is 4.39. The van der Waals surface area contributed by atoms with E-state index >= 15 is 0 Å². The number of carboxylic acid groups (broad SMARTS) is 1. The lowest BCUT2D eigenvalue weighted by Crippen LogP contribution is -2.34. The van der Waals surface area contributed by atoms with E-state index in [2.05, 4.69) is 4.99 Å². The Bertz CT molecular complexity index is 265. The molecule has 7 heteroatoms. The van der Waals surface area contributed by atoms with Gasteiger partial charge in [0.25, 0.3) is 0 Å². The molecule has 1 aliphatic heterocycles. The van der Waals surface area contributed by atoms with Crippen molar-refractivity contribution in [3.05, 3.63) is 10.1 Å². The first-order valence-corrected chi connectivity index (χ1v) is 4.77. The van der Waals surface area contributed by atoms with Gasteiger partial charge in [-0.2, -0.15) is 0 Å². The van der Waals surface area contributed by atoms with Crippen molar-refractivity contribution in [1.29, 1.82) is 0 Å². The van der Waals surface area contributed by atoms with Crippen molar-refractivity contribution in [1.82, 2.24) is 4.90 Å². The Morgan fingerprint density at radius 3 is 2.73 bits per heavy atom. The van der Waals surface area contributed by atoms with E-state index in [0.29, 0.717) is 13.1 Å². The molecule has 15 heavy (non-hydrogen) atoms. The maximum Gasteiger partial charge on any atom is 0.424 e. The van der Waals surface area contributed by atoms with Crippen LogP contribution in [0.3, 0.4) is 0 Å². The monoisotopic (exact) mass is 217 g/mol. The third-order valence-corrected chi connectivity index (χ3v) is 1.66. The molecule has 1 aliphatic rings. The van der Waals surface area contributed by atoms with Gasteiger partial charge in [-0.1, -0.05) is 13.8 Å². The standard InChI is InChI=1S/C6H9N3O4.C2H6/c10-5(11)1-3-8-4-2-7-6(8)9(12)13;1-2/h1-4H2,(H,10,11);1-2H3. The third-order valence-electron chi connectivity index (χ3n) is 1.66. The van der Waals surface area contributed by atoms with Crippen molar-refractivity contribution >= 4 is 11.9 Å². The number of hydrogen-bond acceptors (Lipinski definition) is 5. The topological polar surface area (TPSA) is 96.0 Å². The highest BCUT2D eigenvalue weighted by molar-refractivity contribution is 5.74. The first-order chi connectivity index (χ1) is 7.11. The van der Waals surface area contributed by atoms with Crippen molar-refractivity contribution in [3.63, 3.8) is 0 Å². The number of nitro groups is 1. The molecule has 0 atom stereocenters. The summed E-state index contributed by atoms with van der Waals surface area (Å²) >= 11 is 0. The molecule has 1 rings (SSSR count). The fraction of sp³-hybridized carbons (Fsp3) is 0.750. The lowest BCUT2D eigenvalue weighted by atomic mass is 10.4. The zero-order valence-corrected chi connectivity index (χ0v) is 8.84. The quantitative estimate of drug-likeness (QED) is 0.546. The van der Waals surface area contributed by atoms with Crippen LogP contribution in [0.25, 0.3) is 0 Å². The Balaban J connectivity index is 0.000000921. The van der Waals surface area contributed by atoms with Crippen LogP contribution in [0.15, 0.2) is 4.99 Å². The molecule has 1 N–H and O–H groups in total. The number of carbonyl (C=O) groups is 1. The number of carboxylic acids is 1. The SMILES string of the molecule is CC.O=C(O)CCN1CCN=C1[N+](=O)[O-]. The van der Waals surface area contributed by atoms with Crippen LogP contribution in [0.1, 0.15) is 20.3 Å². The lowest BCUT2D eigenvalue weighted by Gasteiger charge is -2.10. The molecular weight excluding hydrogens is 202 g/mol. The summed E-state index contributed by atoms with van der Waals surface area (Å²) in [5.74, 6) is -1.18. The second-order valence-electron chi connectivity index (χ2n) is 2.57. The molecule has 0 aromatic heterocycles. The van der Waals surface area contributed by atoms with E-state index in [1.807, 2.05) is 13.8 Å². The van der Waals surface area contributed by atoms with Crippen molar-refractivity contribution in [2.75, 3.05) is 19.6 Å². The van der Waals surface area contributed by atoms with Gasteiger partial charge in [0, 0.05) is 0 Å². The van der Waals surface area contributed by atoms with Gasteiger partial charge in [-0.25, -0.2) is 0 Å². The van der Waals surface area contributed by atoms with E-state index in [1.54, 1.807) is 0 Å². The molecule has 1 heterocycles. The molecule has 0 aromatic rings. The molecule has 7 nitrogen and oxygen atoms in total. The van der Waals surface area contributed by atoms with Crippen molar-refractivity contribution in [2.45, 2.75) is 20.3 Å². The predicted molar refractivity (Wildman–Crippen MR) is 54.5 cm³/mol. The van der Waals surface area contributed by atoms with Gasteiger partial charge < -0.3 is 15.2 Å². The van der Waals surface area contributed by atoms with Gasteiger partial charge in [0.1, 0.15) is 13.1 Å². The molecular formula is C8H15N3O4. The molecule has 0 spiro atoms. The molecule has 0 fully saturated rings. The van der Waals surface area contributed by atoms with Crippen LogP contribution in [0.4, 0.5) is 0 Å². The Morgan fingerprint density at radius 1 is 1.67 bits per heavy atom. The van der Waals surface area contributed by atoms with E-state index in [-0.39, 0.29) is 18.9 Å². The van der Waals surface area contributed by atoms with E-state index < -0.39 is 10.9 Å². The number of rotatable bonds is 3. The van der Waals surface area contributed by atoms with Crippen molar-refractivity contribution in [3.8, 4) is 0 Å². The minimum absolute atomic E-state index is 0.104. The second kappa shape index (κ2) is 6.74. The first-order valence-electron chi connectivity index (χ1n) is 4.77. The summed E-state index contributed by atoms with van der Waals surface area (Å²) < 4.78 is 0. The van der Waals surface area contributed by atoms with Crippen LogP contribution in [0.5, 0.6) is 0 Å². The smallest absolute Gasteiger partial charge is 0.424 e. The zero-order chi connectivity index (χ0) is 11.8. The Labute approximate surface area is 87.6 Å². The first kappa shape index (κ1) is 13.3. The highest BCUT2D eigenvalue weighted by Gasteiger charge is 2.28. The summed E-state index contributed by atoms with van der Waals surface area (Å²) in [6, 6.07) is 0. The highest BCUT2D eigenvalue weighted by Crippen LogP contribution is 2.02. The Morgan fingerprint density at radius 2 is 2.27 bits per heavy atom. The van der Waals surface area contributed by atoms with Gasteiger partial charge >= 0.3 is 11.9 Å². The minimum Gasteiger partial charge on any atom is -0.481 e. The molecule has 0 aromatic carbocycles. The minimum atomic E-state index is -0.963. The number of hydrogen-bond donors (Lipinski definition) is 1.